The molecule has 0 fully saturated rings. The molecule has 0 amide bonds. The van der Waals surface area contributed by atoms with Crippen molar-refractivity contribution in [3.8, 4) is 0 Å². The van der Waals surface area contributed by atoms with E-state index in [1.807, 2.05) is 6.07 Å². The minimum Gasteiger partial charge on any atom is -0.462 e. The molecule has 0 N–H and O–H groups in total. The van der Waals surface area contributed by atoms with Gasteiger partial charge in [-0.3, -0.25) is 4.79 Å². The quantitative estimate of drug-likeness (QED) is 0.593. The van der Waals surface area contributed by atoms with Crippen LogP contribution in [0.1, 0.15) is 24.2 Å². The van der Waals surface area contributed by atoms with Crippen molar-refractivity contribution >= 4 is 11.9 Å². The summed E-state index contributed by atoms with van der Waals surface area (Å²) in [5.74, 6) is -0.714. The van der Waals surface area contributed by atoms with Gasteiger partial charge in [-0.15, -0.1) is 0 Å². The van der Waals surface area contributed by atoms with Gasteiger partial charge in [0.15, 0.2) is 0 Å². The maximum absolute atomic E-state index is 11.7. The zero-order chi connectivity index (χ0) is 13.4. The lowest BCUT2D eigenvalue weighted by molar-refractivity contribution is -0.139. The highest BCUT2D eigenvalue weighted by atomic mass is 16.5. The Morgan fingerprint density at radius 3 is 2.56 bits per heavy atom. The number of benzene rings is 1. The molecule has 1 atom stereocenters. The number of carbonyl (C=O) groups excluding carboxylic acids is 2. The van der Waals surface area contributed by atoms with Gasteiger partial charge < -0.3 is 9.47 Å². The van der Waals surface area contributed by atoms with E-state index in [0.29, 0.717) is 5.56 Å². The van der Waals surface area contributed by atoms with Crippen molar-refractivity contribution in [1.29, 1.82) is 0 Å². The smallest absolute Gasteiger partial charge is 0.338 e. The molecular weight excluding hydrogens is 232 g/mol. The van der Waals surface area contributed by atoms with Crippen LogP contribution in [0.4, 0.5) is 0 Å². The van der Waals surface area contributed by atoms with Crippen molar-refractivity contribution in [3.63, 3.8) is 0 Å². The molecule has 1 rings (SSSR count). The van der Waals surface area contributed by atoms with Gasteiger partial charge in [0.25, 0.3) is 0 Å². The number of hydrogen-bond donors (Lipinski definition) is 0. The molecule has 4 heteroatoms. The lowest BCUT2D eigenvalue weighted by Crippen LogP contribution is -2.13. The third kappa shape index (κ3) is 5.30. The van der Waals surface area contributed by atoms with Gasteiger partial charge in [-0.2, -0.15) is 0 Å². The van der Waals surface area contributed by atoms with E-state index in [1.54, 1.807) is 43.3 Å². The normalized spacial score (nSPS) is 12.1. The maximum Gasteiger partial charge on any atom is 0.338 e. The summed E-state index contributed by atoms with van der Waals surface area (Å²) in [6.45, 7) is 3.26. The van der Waals surface area contributed by atoms with E-state index in [2.05, 4.69) is 0 Å². The fraction of sp³-hybridized carbons (Fsp3) is 0.286. The summed E-state index contributed by atoms with van der Waals surface area (Å²) in [5, 5.41) is 0. The van der Waals surface area contributed by atoms with Gasteiger partial charge >= 0.3 is 11.9 Å². The van der Waals surface area contributed by atoms with Crippen molar-refractivity contribution in [2.24, 2.45) is 0 Å². The topological polar surface area (TPSA) is 52.6 Å². The predicted molar refractivity (Wildman–Crippen MR) is 67.1 cm³/mol. The van der Waals surface area contributed by atoms with Crippen LogP contribution in [0.15, 0.2) is 42.5 Å². The van der Waals surface area contributed by atoms with E-state index < -0.39 is 0 Å². The zero-order valence-electron chi connectivity index (χ0n) is 10.5. The van der Waals surface area contributed by atoms with Crippen molar-refractivity contribution in [3.05, 3.63) is 48.0 Å². The molecule has 1 aromatic rings. The third-order valence-electron chi connectivity index (χ3n) is 2.09. The Labute approximate surface area is 106 Å². The Morgan fingerprint density at radius 2 is 1.94 bits per heavy atom. The molecule has 96 valence electrons. The first-order valence-electron chi connectivity index (χ1n) is 5.65. The molecule has 0 bridgehead atoms. The Balaban J connectivity index is 2.38. The number of carbonyl (C=O) groups is 2. The average molecular weight is 248 g/mol. The van der Waals surface area contributed by atoms with Crippen molar-refractivity contribution in [2.75, 3.05) is 6.61 Å². The first-order valence-corrected chi connectivity index (χ1v) is 5.65. The van der Waals surface area contributed by atoms with Gasteiger partial charge in [-0.05, 0) is 31.2 Å². The number of rotatable bonds is 5. The fourth-order valence-corrected chi connectivity index (χ4v) is 1.26. The van der Waals surface area contributed by atoms with Crippen LogP contribution < -0.4 is 0 Å². The van der Waals surface area contributed by atoms with Crippen LogP contribution in [0.2, 0.25) is 0 Å². The summed E-state index contributed by atoms with van der Waals surface area (Å²) in [4.78, 5) is 22.2. The molecule has 0 saturated heterocycles. The van der Waals surface area contributed by atoms with Gasteiger partial charge in [0.05, 0.1) is 5.56 Å². The second-order valence-electron chi connectivity index (χ2n) is 3.71. The van der Waals surface area contributed by atoms with E-state index in [4.69, 9.17) is 9.47 Å². The fourth-order valence-electron chi connectivity index (χ4n) is 1.26. The van der Waals surface area contributed by atoms with Gasteiger partial charge in [0.1, 0.15) is 12.7 Å². The average Bonchev–Trinajstić information content (AvgIpc) is 2.35. The standard InChI is InChI=1S/C14H16O4/c1-11(7-6-10-17-12(2)15)18-14(16)13-8-4-3-5-9-13/h3-9,11H,10H2,1-2H3/b7-6+. The van der Waals surface area contributed by atoms with Crippen molar-refractivity contribution in [1.82, 2.24) is 0 Å². The largest absolute Gasteiger partial charge is 0.462 e. The summed E-state index contributed by atoms with van der Waals surface area (Å²) >= 11 is 0. The molecule has 1 aromatic carbocycles. The summed E-state index contributed by atoms with van der Waals surface area (Å²) in [5.41, 5.74) is 0.512. The van der Waals surface area contributed by atoms with Gasteiger partial charge in [-0.1, -0.05) is 18.2 Å². The van der Waals surface area contributed by atoms with E-state index >= 15 is 0 Å². The number of hydrogen-bond acceptors (Lipinski definition) is 4. The third-order valence-corrected chi connectivity index (χ3v) is 2.09. The molecule has 0 aromatic heterocycles. The van der Waals surface area contributed by atoms with Gasteiger partial charge in [0, 0.05) is 6.92 Å². The molecule has 0 radical (unpaired) electrons. The van der Waals surface area contributed by atoms with E-state index in [-0.39, 0.29) is 24.6 Å². The van der Waals surface area contributed by atoms with E-state index in [9.17, 15) is 9.59 Å². The van der Waals surface area contributed by atoms with Crippen molar-refractivity contribution < 1.29 is 19.1 Å². The minimum atomic E-state index is -0.375. The lowest BCUT2D eigenvalue weighted by atomic mass is 10.2. The maximum atomic E-state index is 11.7. The van der Waals surface area contributed by atoms with Crippen LogP contribution in [0.3, 0.4) is 0 Å². The van der Waals surface area contributed by atoms with Gasteiger partial charge in [-0.25, -0.2) is 4.79 Å². The molecule has 0 spiro atoms. The molecular formula is C14H16O4. The lowest BCUT2D eigenvalue weighted by Gasteiger charge is -2.09. The van der Waals surface area contributed by atoms with Crippen LogP contribution in [-0.4, -0.2) is 24.6 Å². The van der Waals surface area contributed by atoms with Crippen molar-refractivity contribution in [2.45, 2.75) is 20.0 Å². The second kappa shape index (κ2) is 7.27. The molecule has 0 saturated carbocycles. The summed E-state index contributed by atoms with van der Waals surface area (Å²) in [6.07, 6.45) is 2.95. The monoisotopic (exact) mass is 248 g/mol. The van der Waals surface area contributed by atoms with Crippen LogP contribution >= 0.6 is 0 Å². The van der Waals surface area contributed by atoms with E-state index in [1.165, 1.54) is 6.92 Å². The molecule has 0 heterocycles. The molecule has 18 heavy (non-hydrogen) atoms. The summed E-state index contributed by atoms with van der Waals surface area (Å²) in [7, 11) is 0. The number of ether oxygens (including phenoxy) is 2. The Bertz CT molecular complexity index is 423. The summed E-state index contributed by atoms with van der Waals surface area (Å²) < 4.78 is 9.89. The highest BCUT2D eigenvalue weighted by Crippen LogP contribution is 2.04. The molecule has 0 aliphatic carbocycles. The first-order chi connectivity index (χ1) is 8.59. The highest BCUT2D eigenvalue weighted by Gasteiger charge is 2.08. The zero-order valence-corrected chi connectivity index (χ0v) is 10.5. The van der Waals surface area contributed by atoms with Crippen LogP contribution in [0.25, 0.3) is 0 Å². The molecule has 4 nitrogen and oxygen atoms in total. The minimum absolute atomic E-state index is 0.183. The summed E-state index contributed by atoms with van der Waals surface area (Å²) in [6, 6.07) is 8.77. The van der Waals surface area contributed by atoms with Crippen LogP contribution in [-0.2, 0) is 14.3 Å². The molecule has 0 aliphatic rings. The van der Waals surface area contributed by atoms with Gasteiger partial charge in [0.2, 0.25) is 0 Å². The van der Waals surface area contributed by atoms with Crippen LogP contribution in [0, 0.1) is 0 Å². The second-order valence-corrected chi connectivity index (χ2v) is 3.71. The number of esters is 2. The predicted octanol–water partition coefficient (Wildman–Crippen LogP) is 2.35. The highest BCUT2D eigenvalue weighted by molar-refractivity contribution is 5.89. The SMILES string of the molecule is CC(=O)OC/C=C/C(C)OC(=O)c1ccccc1. The Hall–Kier alpha value is -2.10. The molecule has 1 unspecified atom stereocenters. The Kier molecular flexibility index (Phi) is 5.64. The first kappa shape index (κ1) is 14.0. The molecule has 0 aliphatic heterocycles. The van der Waals surface area contributed by atoms with E-state index in [0.717, 1.165) is 0 Å². The Morgan fingerprint density at radius 1 is 1.28 bits per heavy atom. The van der Waals surface area contributed by atoms with Crippen LogP contribution in [0.5, 0.6) is 0 Å².